The lowest BCUT2D eigenvalue weighted by Crippen LogP contribution is -2.33. The summed E-state index contributed by atoms with van der Waals surface area (Å²) in [7, 11) is 0. The minimum Gasteiger partial charge on any atom is -0.316 e. The first kappa shape index (κ1) is 11.7. The lowest BCUT2D eigenvalue weighted by atomic mass is 9.84. The van der Waals surface area contributed by atoms with Crippen LogP contribution in [0.25, 0.3) is 0 Å². The monoisotopic (exact) mass is 212 g/mol. The first-order valence-electron chi connectivity index (χ1n) is 5.29. The Hall–Kier alpha value is -0.410. The van der Waals surface area contributed by atoms with Gasteiger partial charge >= 0.3 is 0 Å². The van der Waals surface area contributed by atoms with Gasteiger partial charge < -0.3 is 5.32 Å². The molecule has 0 saturated carbocycles. The van der Waals surface area contributed by atoms with E-state index in [0.29, 0.717) is 5.41 Å². The highest BCUT2D eigenvalue weighted by atomic mass is 32.1. The van der Waals surface area contributed by atoms with E-state index >= 15 is 0 Å². The minimum atomic E-state index is 0.355. The molecule has 0 fully saturated rings. The molecule has 0 aliphatic carbocycles. The van der Waals surface area contributed by atoms with Crippen LogP contribution in [0.5, 0.6) is 0 Å². The smallest absolute Gasteiger partial charge is 0.0930 e. The minimum absolute atomic E-state index is 0.355. The molecule has 0 amide bonds. The van der Waals surface area contributed by atoms with Gasteiger partial charge in [0.15, 0.2) is 0 Å². The van der Waals surface area contributed by atoms with Crippen LogP contribution in [-0.2, 0) is 6.42 Å². The second-order valence-electron chi connectivity index (χ2n) is 4.05. The van der Waals surface area contributed by atoms with Crippen molar-refractivity contribution in [1.29, 1.82) is 0 Å². The predicted molar refractivity (Wildman–Crippen MR) is 62.8 cm³/mol. The number of nitrogens with zero attached hydrogens (tertiary/aromatic N) is 1. The zero-order valence-electron chi connectivity index (χ0n) is 9.34. The van der Waals surface area contributed by atoms with Crippen molar-refractivity contribution in [1.82, 2.24) is 10.3 Å². The van der Waals surface area contributed by atoms with Crippen LogP contribution in [0.3, 0.4) is 0 Å². The van der Waals surface area contributed by atoms with Crippen LogP contribution in [0.1, 0.15) is 32.2 Å². The molecular formula is C11H20N2S. The fraction of sp³-hybridized carbons (Fsp3) is 0.727. The van der Waals surface area contributed by atoms with E-state index in [1.54, 1.807) is 11.3 Å². The molecule has 0 aliphatic heterocycles. The predicted octanol–water partition coefficient (Wildman–Crippen LogP) is 2.71. The zero-order chi connectivity index (χ0) is 10.4. The number of hydrogen-bond acceptors (Lipinski definition) is 3. The fourth-order valence-corrected chi connectivity index (χ4v) is 2.28. The zero-order valence-corrected chi connectivity index (χ0v) is 10.2. The Bertz CT molecular complexity index is 246. The fourth-order valence-electron chi connectivity index (χ4n) is 1.44. The average Bonchev–Trinajstić information content (AvgIpc) is 2.67. The molecule has 80 valence electrons. The number of nitrogens with one attached hydrogen (secondary N) is 1. The number of rotatable bonds is 6. The third kappa shape index (κ3) is 3.39. The van der Waals surface area contributed by atoms with Crippen molar-refractivity contribution >= 4 is 11.3 Å². The van der Waals surface area contributed by atoms with Crippen LogP contribution in [0.15, 0.2) is 11.6 Å². The molecule has 1 rings (SSSR count). The number of thiazole rings is 1. The lowest BCUT2D eigenvalue weighted by molar-refractivity contribution is 0.292. The number of aromatic nitrogens is 1. The Balaban J connectivity index is 2.52. The van der Waals surface area contributed by atoms with E-state index in [4.69, 9.17) is 0 Å². The van der Waals surface area contributed by atoms with Crippen molar-refractivity contribution < 1.29 is 0 Å². The highest BCUT2D eigenvalue weighted by molar-refractivity contribution is 7.09. The van der Waals surface area contributed by atoms with Crippen LogP contribution in [0, 0.1) is 5.41 Å². The van der Waals surface area contributed by atoms with Gasteiger partial charge in [0.25, 0.3) is 0 Å². The van der Waals surface area contributed by atoms with Crippen molar-refractivity contribution in [2.45, 2.75) is 33.6 Å². The summed E-state index contributed by atoms with van der Waals surface area (Å²) in [4.78, 5) is 4.35. The average molecular weight is 212 g/mol. The summed E-state index contributed by atoms with van der Waals surface area (Å²) in [6.45, 7) is 8.87. The standard InChI is InChI=1S/C11H20N2S/c1-4-11(3,9-12-5-2)8-10-13-6-7-14-10/h6-7,12H,4-5,8-9H2,1-3H3. The summed E-state index contributed by atoms with van der Waals surface area (Å²) < 4.78 is 0. The molecule has 1 heterocycles. The summed E-state index contributed by atoms with van der Waals surface area (Å²) in [5.74, 6) is 0. The van der Waals surface area contributed by atoms with Gasteiger partial charge in [0.05, 0.1) is 5.01 Å². The van der Waals surface area contributed by atoms with Gasteiger partial charge in [-0.2, -0.15) is 0 Å². The van der Waals surface area contributed by atoms with Crippen LogP contribution >= 0.6 is 11.3 Å². The molecule has 1 aromatic heterocycles. The third-order valence-electron chi connectivity index (χ3n) is 2.72. The van der Waals surface area contributed by atoms with E-state index in [1.807, 2.05) is 6.20 Å². The van der Waals surface area contributed by atoms with Crippen molar-refractivity contribution in [3.8, 4) is 0 Å². The van der Waals surface area contributed by atoms with Crippen molar-refractivity contribution in [2.24, 2.45) is 5.41 Å². The third-order valence-corrected chi connectivity index (χ3v) is 3.50. The van der Waals surface area contributed by atoms with Gasteiger partial charge in [0.2, 0.25) is 0 Å². The molecular weight excluding hydrogens is 192 g/mol. The summed E-state index contributed by atoms with van der Waals surface area (Å²) in [5.41, 5.74) is 0.355. The molecule has 0 aromatic carbocycles. The normalized spacial score (nSPS) is 15.4. The van der Waals surface area contributed by atoms with Crippen LogP contribution in [-0.4, -0.2) is 18.1 Å². The van der Waals surface area contributed by atoms with Crippen molar-refractivity contribution in [2.75, 3.05) is 13.1 Å². The second-order valence-corrected chi connectivity index (χ2v) is 5.03. The van der Waals surface area contributed by atoms with Gasteiger partial charge in [-0.05, 0) is 18.4 Å². The molecule has 0 aliphatic rings. The molecule has 0 radical (unpaired) electrons. The SMILES string of the molecule is CCNCC(C)(CC)Cc1nccs1. The Morgan fingerprint density at radius 3 is 2.79 bits per heavy atom. The molecule has 0 spiro atoms. The van der Waals surface area contributed by atoms with Crippen LogP contribution < -0.4 is 5.32 Å². The topological polar surface area (TPSA) is 24.9 Å². The van der Waals surface area contributed by atoms with Gasteiger partial charge in [-0.3, -0.25) is 0 Å². The van der Waals surface area contributed by atoms with Crippen molar-refractivity contribution in [3.63, 3.8) is 0 Å². The molecule has 0 saturated heterocycles. The first-order valence-corrected chi connectivity index (χ1v) is 6.17. The van der Waals surface area contributed by atoms with Gasteiger partial charge in [0.1, 0.15) is 0 Å². The van der Waals surface area contributed by atoms with Gasteiger partial charge in [-0.25, -0.2) is 4.98 Å². The Morgan fingerprint density at radius 2 is 2.29 bits per heavy atom. The molecule has 2 nitrogen and oxygen atoms in total. The van der Waals surface area contributed by atoms with Crippen molar-refractivity contribution in [3.05, 3.63) is 16.6 Å². The van der Waals surface area contributed by atoms with E-state index in [2.05, 4.69) is 36.5 Å². The maximum absolute atomic E-state index is 4.35. The molecule has 1 unspecified atom stereocenters. The van der Waals surface area contributed by atoms with Crippen LogP contribution in [0.2, 0.25) is 0 Å². The first-order chi connectivity index (χ1) is 6.70. The maximum atomic E-state index is 4.35. The second kappa shape index (κ2) is 5.47. The molecule has 0 bridgehead atoms. The van der Waals surface area contributed by atoms with Gasteiger partial charge in [0, 0.05) is 24.5 Å². The van der Waals surface area contributed by atoms with Crippen LogP contribution in [0.4, 0.5) is 0 Å². The van der Waals surface area contributed by atoms with Gasteiger partial charge in [-0.15, -0.1) is 11.3 Å². The van der Waals surface area contributed by atoms with E-state index in [1.165, 1.54) is 11.4 Å². The van der Waals surface area contributed by atoms with Gasteiger partial charge in [-0.1, -0.05) is 20.8 Å². The lowest BCUT2D eigenvalue weighted by Gasteiger charge is -2.27. The largest absolute Gasteiger partial charge is 0.316 e. The Labute approximate surface area is 90.8 Å². The Morgan fingerprint density at radius 1 is 1.50 bits per heavy atom. The highest BCUT2D eigenvalue weighted by Gasteiger charge is 2.22. The highest BCUT2D eigenvalue weighted by Crippen LogP contribution is 2.26. The molecule has 1 N–H and O–H groups in total. The molecule has 3 heteroatoms. The van der Waals surface area contributed by atoms with E-state index in [0.717, 1.165) is 19.5 Å². The maximum Gasteiger partial charge on any atom is 0.0930 e. The number of hydrogen-bond donors (Lipinski definition) is 1. The summed E-state index contributed by atoms with van der Waals surface area (Å²) >= 11 is 1.76. The molecule has 1 atom stereocenters. The van der Waals surface area contributed by atoms with E-state index < -0.39 is 0 Å². The van der Waals surface area contributed by atoms with E-state index in [-0.39, 0.29) is 0 Å². The summed E-state index contributed by atoms with van der Waals surface area (Å²) in [6.07, 6.45) is 4.18. The van der Waals surface area contributed by atoms with E-state index in [9.17, 15) is 0 Å². The summed E-state index contributed by atoms with van der Waals surface area (Å²) in [6, 6.07) is 0. The molecule has 14 heavy (non-hydrogen) atoms. The Kier molecular flexibility index (Phi) is 4.55. The molecule has 1 aromatic rings. The quantitative estimate of drug-likeness (QED) is 0.784. The summed E-state index contributed by atoms with van der Waals surface area (Å²) in [5, 5.41) is 6.74.